The molecule has 0 unspecified atom stereocenters. The van der Waals surface area contributed by atoms with Crippen molar-refractivity contribution >= 4 is 11.6 Å². The predicted octanol–water partition coefficient (Wildman–Crippen LogP) is 5.07. The molecule has 1 heterocycles. The van der Waals surface area contributed by atoms with E-state index in [1.54, 1.807) is 14.2 Å². The van der Waals surface area contributed by atoms with Gasteiger partial charge in [-0.1, -0.05) is 48.5 Å². The molecule has 32 heavy (non-hydrogen) atoms. The highest BCUT2D eigenvalue weighted by molar-refractivity contribution is 5.93. The maximum atomic E-state index is 13.0. The minimum atomic E-state index is -0.000672. The molecule has 166 valence electrons. The van der Waals surface area contributed by atoms with Crippen LogP contribution in [0.2, 0.25) is 0 Å². The van der Waals surface area contributed by atoms with E-state index in [0.717, 1.165) is 54.1 Å². The van der Waals surface area contributed by atoms with Crippen molar-refractivity contribution in [2.24, 2.45) is 0 Å². The van der Waals surface area contributed by atoms with E-state index < -0.39 is 0 Å². The van der Waals surface area contributed by atoms with Crippen molar-refractivity contribution in [1.29, 1.82) is 0 Å². The van der Waals surface area contributed by atoms with Crippen molar-refractivity contribution in [3.05, 3.63) is 89.5 Å². The number of nitrogens with zero attached hydrogens (tertiary/aromatic N) is 1. The highest BCUT2D eigenvalue weighted by Crippen LogP contribution is 2.38. The fourth-order valence-electron chi connectivity index (χ4n) is 4.45. The second-order valence-corrected chi connectivity index (χ2v) is 8.10. The van der Waals surface area contributed by atoms with Gasteiger partial charge in [0.15, 0.2) is 0 Å². The van der Waals surface area contributed by atoms with E-state index in [1.807, 2.05) is 54.6 Å². The van der Waals surface area contributed by atoms with Gasteiger partial charge in [-0.3, -0.25) is 9.69 Å². The van der Waals surface area contributed by atoms with Gasteiger partial charge in [0.2, 0.25) is 5.91 Å². The maximum absolute atomic E-state index is 13.0. The second kappa shape index (κ2) is 10.3. The molecule has 0 aromatic heterocycles. The lowest BCUT2D eigenvalue weighted by Gasteiger charge is -2.26. The Morgan fingerprint density at radius 3 is 2.56 bits per heavy atom. The van der Waals surface area contributed by atoms with Gasteiger partial charge in [-0.2, -0.15) is 0 Å². The number of hydrogen-bond donors (Lipinski definition) is 1. The number of hydrogen-bond acceptors (Lipinski definition) is 4. The molecule has 1 saturated heterocycles. The highest BCUT2D eigenvalue weighted by atomic mass is 16.5. The molecule has 4 rings (SSSR count). The van der Waals surface area contributed by atoms with E-state index in [2.05, 4.69) is 28.4 Å². The van der Waals surface area contributed by atoms with Crippen LogP contribution in [0, 0.1) is 0 Å². The minimum Gasteiger partial charge on any atom is -0.497 e. The average Bonchev–Trinajstić information content (AvgIpc) is 3.28. The number of carbonyl (C=O) groups is 1. The largest absolute Gasteiger partial charge is 0.497 e. The van der Waals surface area contributed by atoms with Crippen LogP contribution in [-0.4, -0.2) is 38.1 Å². The minimum absolute atomic E-state index is 0.000672. The summed E-state index contributed by atoms with van der Waals surface area (Å²) >= 11 is 0. The molecular formula is C27H30N2O3. The molecule has 3 aromatic carbocycles. The SMILES string of the molecule is COc1ccc(OC)c([C@H]2CCCN2CC(=O)Nc2ccccc2Cc2ccccc2)c1. The summed E-state index contributed by atoms with van der Waals surface area (Å²) in [4.78, 5) is 15.2. The monoisotopic (exact) mass is 430 g/mol. The summed E-state index contributed by atoms with van der Waals surface area (Å²) in [7, 11) is 3.35. The lowest BCUT2D eigenvalue weighted by atomic mass is 10.0. The molecule has 0 spiro atoms. The third-order valence-corrected chi connectivity index (χ3v) is 6.04. The smallest absolute Gasteiger partial charge is 0.238 e. The van der Waals surface area contributed by atoms with E-state index >= 15 is 0 Å². The zero-order valence-electron chi connectivity index (χ0n) is 18.7. The van der Waals surface area contributed by atoms with Crippen LogP contribution in [0.25, 0.3) is 0 Å². The average molecular weight is 431 g/mol. The molecule has 3 aromatic rings. The van der Waals surface area contributed by atoms with Crippen LogP contribution in [0.3, 0.4) is 0 Å². The number of benzene rings is 3. The van der Waals surface area contributed by atoms with Gasteiger partial charge in [0.05, 0.1) is 20.8 Å². The molecule has 1 amide bonds. The van der Waals surface area contributed by atoms with Crippen LogP contribution in [0.4, 0.5) is 5.69 Å². The summed E-state index contributed by atoms with van der Waals surface area (Å²) in [5.74, 6) is 1.63. The van der Waals surface area contributed by atoms with Gasteiger partial charge in [0, 0.05) is 17.3 Å². The molecule has 1 atom stereocenters. The number of ether oxygens (including phenoxy) is 2. The van der Waals surface area contributed by atoms with Crippen LogP contribution in [0.5, 0.6) is 11.5 Å². The van der Waals surface area contributed by atoms with E-state index in [0.29, 0.717) is 6.54 Å². The summed E-state index contributed by atoms with van der Waals surface area (Å²) in [6.45, 7) is 1.22. The van der Waals surface area contributed by atoms with E-state index in [4.69, 9.17) is 9.47 Å². The summed E-state index contributed by atoms with van der Waals surface area (Å²) in [5, 5.41) is 3.14. The lowest BCUT2D eigenvalue weighted by molar-refractivity contribution is -0.117. The van der Waals surface area contributed by atoms with Crippen molar-refractivity contribution in [1.82, 2.24) is 4.90 Å². The van der Waals surface area contributed by atoms with E-state index in [1.165, 1.54) is 5.56 Å². The molecule has 0 aliphatic carbocycles. The number of methoxy groups -OCH3 is 2. The van der Waals surface area contributed by atoms with Crippen molar-refractivity contribution in [2.45, 2.75) is 25.3 Å². The van der Waals surface area contributed by atoms with Gasteiger partial charge in [-0.05, 0) is 61.2 Å². The first-order chi connectivity index (χ1) is 15.7. The van der Waals surface area contributed by atoms with Crippen LogP contribution in [0.1, 0.15) is 35.6 Å². The second-order valence-electron chi connectivity index (χ2n) is 8.10. The predicted molar refractivity (Wildman–Crippen MR) is 127 cm³/mol. The number of para-hydroxylation sites is 1. The van der Waals surface area contributed by atoms with E-state index in [-0.39, 0.29) is 11.9 Å². The number of likely N-dealkylation sites (tertiary alicyclic amines) is 1. The number of rotatable bonds is 8. The van der Waals surface area contributed by atoms with Crippen molar-refractivity contribution in [3.8, 4) is 11.5 Å². The Morgan fingerprint density at radius 1 is 1.00 bits per heavy atom. The Hall–Kier alpha value is -3.31. The summed E-state index contributed by atoms with van der Waals surface area (Å²) in [5.41, 5.74) is 4.27. The molecule has 5 nitrogen and oxygen atoms in total. The Bertz CT molecular complexity index is 1050. The number of nitrogens with one attached hydrogen (secondary N) is 1. The van der Waals surface area contributed by atoms with Crippen molar-refractivity contribution in [2.75, 3.05) is 32.6 Å². The molecular weight excluding hydrogens is 400 g/mol. The maximum Gasteiger partial charge on any atom is 0.238 e. The lowest BCUT2D eigenvalue weighted by Crippen LogP contribution is -2.33. The van der Waals surface area contributed by atoms with Crippen LogP contribution < -0.4 is 14.8 Å². The Labute approximate surface area is 190 Å². The molecule has 1 fully saturated rings. The fourth-order valence-corrected chi connectivity index (χ4v) is 4.45. The zero-order valence-corrected chi connectivity index (χ0v) is 18.7. The summed E-state index contributed by atoms with van der Waals surface area (Å²) < 4.78 is 11.0. The Kier molecular flexibility index (Phi) is 7.07. The summed E-state index contributed by atoms with van der Waals surface area (Å²) in [6, 6.07) is 24.3. The van der Waals surface area contributed by atoms with Gasteiger partial charge in [-0.15, -0.1) is 0 Å². The number of anilines is 1. The topological polar surface area (TPSA) is 50.8 Å². The van der Waals surface area contributed by atoms with Gasteiger partial charge >= 0.3 is 0 Å². The normalized spacial score (nSPS) is 16.0. The molecule has 1 aliphatic heterocycles. The first kappa shape index (κ1) is 21.9. The molecule has 0 radical (unpaired) electrons. The standard InChI is InChI=1S/C27H30N2O3/c1-31-22-14-15-26(32-2)23(18-22)25-13-8-16-29(25)19-27(30)28-24-12-7-6-11-21(24)17-20-9-4-3-5-10-20/h3-7,9-12,14-15,18,25H,8,13,16-17,19H2,1-2H3,(H,28,30)/t25-/m1/s1. The molecule has 0 saturated carbocycles. The van der Waals surface area contributed by atoms with E-state index in [9.17, 15) is 4.79 Å². The molecule has 5 heteroatoms. The number of carbonyl (C=O) groups excluding carboxylic acids is 1. The molecule has 1 N–H and O–H groups in total. The van der Waals surface area contributed by atoms with Crippen molar-refractivity contribution < 1.29 is 14.3 Å². The van der Waals surface area contributed by atoms with Gasteiger partial charge in [0.25, 0.3) is 0 Å². The quantitative estimate of drug-likeness (QED) is 0.542. The van der Waals surface area contributed by atoms with Crippen LogP contribution in [0.15, 0.2) is 72.8 Å². The Balaban J connectivity index is 1.47. The van der Waals surface area contributed by atoms with Crippen LogP contribution in [-0.2, 0) is 11.2 Å². The molecule has 0 bridgehead atoms. The first-order valence-corrected chi connectivity index (χ1v) is 11.1. The fraction of sp³-hybridized carbons (Fsp3) is 0.296. The molecule has 1 aliphatic rings. The third-order valence-electron chi connectivity index (χ3n) is 6.04. The highest BCUT2D eigenvalue weighted by Gasteiger charge is 2.30. The summed E-state index contributed by atoms with van der Waals surface area (Å²) in [6.07, 6.45) is 2.81. The van der Waals surface area contributed by atoms with Gasteiger partial charge < -0.3 is 14.8 Å². The van der Waals surface area contributed by atoms with Gasteiger partial charge in [-0.25, -0.2) is 0 Å². The first-order valence-electron chi connectivity index (χ1n) is 11.1. The van der Waals surface area contributed by atoms with Crippen molar-refractivity contribution in [3.63, 3.8) is 0 Å². The zero-order chi connectivity index (χ0) is 22.3. The van der Waals surface area contributed by atoms with Crippen LogP contribution >= 0.6 is 0 Å². The number of amides is 1. The Morgan fingerprint density at radius 2 is 1.78 bits per heavy atom. The van der Waals surface area contributed by atoms with Gasteiger partial charge in [0.1, 0.15) is 11.5 Å². The third kappa shape index (κ3) is 5.11.